The lowest BCUT2D eigenvalue weighted by molar-refractivity contribution is -0.00953. The summed E-state index contributed by atoms with van der Waals surface area (Å²) in [6, 6.07) is 0. The van der Waals surface area contributed by atoms with Crippen molar-refractivity contribution in [3.63, 3.8) is 0 Å². The van der Waals surface area contributed by atoms with Crippen LogP contribution in [0.3, 0.4) is 0 Å². The molecule has 4 heteroatoms. The first-order valence-electron chi connectivity index (χ1n) is 8.22. The zero-order valence-electron chi connectivity index (χ0n) is 11.9. The highest BCUT2D eigenvalue weighted by molar-refractivity contribution is 5.25. The molecule has 1 heterocycles. The second-order valence-corrected chi connectivity index (χ2v) is 7.85. The minimum atomic E-state index is 0.245. The number of rotatable bonds is 2. The summed E-state index contributed by atoms with van der Waals surface area (Å²) in [6.45, 7) is 0. The smallest absolute Gasteiger partial charge is 0.223 e. The molecule has 106 valence electrons. The number of nitrogen functional groups attached to an aromatic ring is 1. The maximum absolute atomic E-state index is 5.98. The van der Waals surface area contributed by atoms with Gasteiger partial charge in [0.05, 0.1) is 0 Å². The Morgan fingerprint density at radius 1 is 0.850 bits per heavy atom. The third kappa shape index (κ3) is 1.63. The van der Waals surface area contributed by atoms with Crippen LogP contribution >= 0.6 is 0 Å². The molecule has 6 rings (SSSR count). The molecule has 0 atom stereocenters. The molecule has 0 radical (unpaired) electrons. The highest BCUT2D eigenvalue weighted by atomic mass is 15.1. The van der Waals surface area contributed by atoms with Crippen LogP contribution in [0.2, 0.25) is 0 Å². The molecule has 5 fully saturated rings. The van der Waals surface area contributed by atoms with Gasteiger partial charge in [0.2, 0.25) is 5.95 Å². The first-order valence-corrected chi connectivity index (χ1v) is 8.22. The highest BCUT2D eigenvalue weighted by Crippen LogP contribution is 2.60. The molecule has 2 N–H and O–H groups in total. The Morgan fingerprint density at radius 3 is 2.00 bits per heavy atom. The number of hydrogen-bond donors (Lipinski definition) is 1. The lowest BCUT2D eigenvalue weighted by Crippen LogP contribution is -2.49. The van der Waals surface area contributed by atoms with Crippen LogP contribution in [0.25, 0.3) is 0 Å². The maximum atomic E-state index is 5.98. The fraction of sp³-hybridized carbons (Fsp3) is 0.812. The number of anilines is 1. The van der Waals surface area contributed by atoms with E-state index in [1.165, 1.54) is 51.4 Å². The zero-order chi connectivity index (χ0) is 13.3. The van der Waals surface area contributed by atoms with Crippen LogP contribution in [0.4, 0.5) is 5.95 Å². The van der Waals surface area contributed by atoms with Crippen LogP contribution < -0.4 is 5.73 Å². The number of hydrogen-bond acceptors (Lipinski definition) is 4. The molecule has 5 aliphatic carbocycles. The molecule has 0 aromatic carbocycles. The molecular formula is C16H22N4. The van der Waals surface area contributed by atoms with Gasteiger partial charge in [0.1, 0.15) is 11.6 Å². The van der Waals surface area contributed by atoms with Gasteiger partial charge in [0.25, 0.3) is 0 Å². The summed E-state index contributed by atoms with van der Waals surface area (Å²) < 4.78 is 0. The van der Waals surface area contributed by atoms with Crippen LogP contribution in [0.1, 0.15) is 68.9 Å². The van der Waals surface area contributed by atoms with Crippen LogP contribution in [-0.4, -0.2) is 15.0 Å². The van der Waals surface area contributed by atoms with Crippen molar-refractivity contribution >= 4 is 5.95 Å². The van der Waals surface area contributed by atoms with Crippen LogP contribution in [0.15, 0.2) is 0 Å². The van der Waals surface area contributed by atoms with E-state index in [-0.39, 0.29) is 5.41 Å². The molecule has 0 aliphatic heterocycles. The Kier molecular flexibility index (Phi) is 2.13. The van der Waals surface area contributed by atoms with Gasteiger partial charge in [-0.05, 0) is 69.1 Å². The quantitative estimate of drug-likeness (QED) is 0.897. The minimum absolute atomic E-state index is 0.245. The summed E-state index contributed by atoms with van der Waals surface area (Å²) in [4.78, 5) is 13.9. The van der Waals surface area contributed by atoms with Crippen molar-refractivity contribution in [1.82, 2.24) is 15.0 Å². The summed E-state index contributed by atoms with van der Waals surface area (Å²) in [5.41, 5.74) is 6.23. The lowest BCUT2D eigenvalue weighted by Gasteiger charge is -2.55. The van der Waals surface area contributed by atoms with Crippen LogP contribution in [0, 0.1) is 17.8 Å². The summed E-state index contributed by atoms with van der Waals surface area (Å²) in [7, 11) is 0. The molecule has 0 amide bonds. The Morgan fingerprint density at radius 2 is 1.45 bits per heavy atom. The van der Waals surface area contributed by atoms with E-state index in [0.29, 0.717) is 11.9 Å². The van der Waals surface area contributed by atoms with Gasteiger partial charge < -0.3 is 5.73 Å². The average Bonchev–Trinajstić information content (AvgIpc) is 3.20. The van der Waals surface area contributed by atoms with Crippen molar-refractivity contribution in [2.45, 2.75) is 62.7 Å². The summed E-state index contributed by atoms with van der Waals surface area (Å²) in [5, 5.41) is 0. The summed E-state index contributed by atoms with van der Waals surface area (Å²) in [5.74, 6) is 5.80. The minimum Gasteiger partial charge on any atom is -0.368 e. The summed E-state index contributed by atoms with van der Waals surface area (Å²) in [6.07, 6.45) is 10.7. The van der Waals surface area contributed by atoms with E-state index in [4.69, 9.17) is 10.7 Å². The third-order valence-electron chi connectivity index (χ3n) is 6.13. The van der Waals surface area contributed by atoms with E-state index in [1.807, 2.05) is 0 Å². The Balaban J connectivity index is 1.58. The Labute approximate surface area is 119 Å². The van der Waals surface area contributed by atoms with Gasteiger partial charge >= 0.3 is 0 Å². The molecule has 0 unspecified atom stereocenters. The van der Waals surface area contributed by atoms with Gasteiger partial charge in [-0.15, -0.1) is 0 Å². The number of nitrogens with two attached hydrogens (primary N) is 1. The molecule has 5 saturated carbocycles. The predicted molar refractivity (Wildman–Crippen MR) is 76.1 cm³/mol. The van der Waals surface area contributed by atoms with Crippen molar-refractivity contribution in [3.05, 3.63) is 11.6 Å². The van der Waals surface area contributed by atoms with Crippen molar-refractivity contribution in [3.8, 4) is 0 Å². The molecule has 20 heavy (non-hydrogen) atoms. The molecule has 1 aromatic heterocycles. The van der Waals surface area contributed by atoms with E-state index in [9.17, 15) is 0 Å². The second kappa shape index (κ2) is 3.71. The number of nitrogens with zero attached hydrogens (tertiary/aromatic N) is 3. The monoisotopic (exact) mass is 270 g/mol. The van der Waals surface area contributed by atoms with E-state index in [1.54, 1.807) is 0 Å². The largest absolute Gasteiger partial charge is 0.368 e. The SMILES string of the molecule is Nc1nc(C2CC2)nc(C23CC4CC(CC(C4)C2)C3)n1. The van der Waals surface area contributed by atoms with E-state index >= 15 is 0 Å². The van der Waals surface area contributed by atoms with Gasteiger partial charge in [-0.2, -0.15) is 9.97 Å². The standard InChI is InChI=1S/C16H22N4/c17-15-19-13(12-1-2-12)18-14(20-15)16-6-9-3-10(7-16)5-11(4-9)8-16/h9-12H,1-8H2,(H2,17,18,19,20). The van der Waals surface area contributed by atoms with Crippen molar-refractivity contribution in [2.24, 2.45) is 17.8 Å². The molecule has 4 nitrogen and oxygen atoms in total. The maximum Gasteiger partial charge on any atom is 0.223 e. The molecule has 4 bridgehead atoms. The van der Waals surface area contributed by atoms with E-state index in [0.717, 1.165) is 29.4 Å². The second-order valence-electron chi connectivity index (χ2n) is 7.85. The predicted octanol–water partition coefficient (Wildman–Crippen LogP) is 2.80. The van der Waals surface area contributed by atoms with E-state index < -0.39 is 0 Å². The molecule has 0 saturated heterocycles. The molecular weight excluding hydrogens is 248 g/mol. The van der Waals surface area contributed by atoms with Gasteiger partial charge in [-0.1, -0.05) is 0 Å². The van der Waals surface area contributed by atoms with Crippen molar-refractivity contribution in [1.29, 1.82) is 0 Å². The third-order valence-corrected chi connectivity index (χ3v) is 6.13. The zero-order valence-corrected chi connectivity index (χ0v) is 11.9. The van der Waals surface area contributed by atoms with Gasteiger partial charge in [0, 0.05) is 11.3 Å². The molecule has 5 aliphatic rings. The van der Waals surface area contributed by atoms with Crippen molar-refractivity contribution in [2.75, 3.05) is 5.73 Å². The molecule has 0 spiro atoms. The van der Waals surface area contributed by atoms with Crippen LogP contribution in [0.5, 0.6) is 0 Å². The van der Waals surface area contributed by atoms with Gasteiger partial charge in [0.15, 0.2) is 0 Å². The van der Waals surface area contributed by atoms with Gasteiger partial charge in [-0.25, -0.2) is 4.98 Å². The molecule has 1 aromatic rings. The lowest BCUT2D eigenvalue weighted by atomic mass is 9.49. The fourth-order valence-electron chi connectivity index (χ4n) is 5.56. The van der Waals surface area contributed by atoms with Crippen LogP contribution in [-0.2, 0) is 5.41 Å². The first-order chi connectivity index (χ1) is 9.70. The van der Waals surface area contributed by atoms with Gasteiger partial charge in [-0.3, -0.25) is 0 Å². The fourth-order valence-corrected chi connectivity index (χ4v) is 5.56. The average molecular weight is 270 g/mol. The topological polar surface area (TPSA) is 64.7 Å². The number of aromatic nitrogens is 3. The first kappa shape index (κ1) is 11.5. The normalized spacial score (nSPS) is 42.1. The Hall–Kier alpha value is -1.19. The van der Waals surface area contributed by atoms with E-state index in [2.05, 4.69) is 9.97 Å². The highest BCUT2D eigenvalue weighted by Gasteiger charge is 2.53. The summed E-state index contributed by atoms with van der Waals surface area (Å²) >= 11 is 0. The Bertz CT molecular complexity index is 528. The van der Waals surface area contributed by atoms with Crippen molar-refractivity contribution < 1.29 is 0 Å².